The number of rotatable bonds is 10. The smallest absolute Gasteiger partial charge is 0.326 e. The Morgan fingerprint density at radius 3 is 2.83 bits per heavy atom. The molecule has 0 rings (SSSR count). The van der Waals surface area contributed by atoms with Crippen LogP contribution >= 0.6 is 0 Å². The number of carbonyl (C=O) groups is 1. The average molecular weight is 261 g/mol. The third-order valence-corrected chi connectivity index (χ3v) is 2.30. The van der Waals surface area contributed by atoms with Gasteiger partial charge in [-0.1, -0.05) is 6.08 Å². The van der Waals surface area contributed by atoms with Crippen LogP contribution in [0.5, 0.6) is 0 Å². The van der Waals surface area contributed by atoms with Gasteiger partial charge in [0.05, 0.1) is 12.4 Å². The quantitative estimate of drug-likeness (QED) is 0.334. The normalized spacial score (nSPS) is 15.2. The van der Waals surface area contributed by atoms with Crippen LogP contribution in [-0.2, 0) is 9.53 Å². The highest BCUT2D eigenvalue weighted by Gasteiger charge is 2.33. The number of hydrogen-bond donors (Lipinski definition) is 4. The fraction of sp³-hybridized carbons (Fsp3) is 0.636. The highest BCUT2D eigenvalue weighted by atomic mass is 19.1. The van der Waals surface area contributed by atoms with E-state index in [0.717, 1.165) is 0 Å². The molecule has 0 radical (unpaired) electrons. The second kappa shape index (κ2) is 8.73. The average Bonchev–Trinajstić information content (AvgIpc) is 2.32. The van der Waals surface area contributed by atoms with Gasteiger partial charge in [0.1, 0.15) is 5.54 Å². The third kappa shape index (κ3) is 6.43. The number of carboxylic acid groups (broad SMARTS) is 1. The first kappa shape index (κ1) is 16.7. The van der Waals surface area contributed by atoms with Crippen molar-refractivity contribution in [3.63, 3.8) is 0 Å². The molecular formula is C11H20FN3O3. The first-order valence-electron chi connectivity index (χ1n) is 5.51. The van der Waals surface area contributed by atoms with Gasteiger partial charge in [0.2, 0.25) is 0 Å². The monoisotopic (exact) mass is 261 g/mol. The predicted octanol–water partition coefficient (Wildman–Crippen LogP) is 0.288. The van der Waals surface area contributed by atoms with Crippen LogP contribution in [0.2, 0.25) is 0 Å². The molecule has 1 atom stereocenters. The van der Waals surface area contributed by atoms with Gasteiger partial charge in [0, 0.05) is 32.8 Å². The Morgan fingerprint density at radius 1 is 1.67 bits per heavy atom. The summed E-state index contributed by atoms with van der Waals surface area (Å²) in [5.41, 5.74) is 3.99. The summed E-state index contributed by atoms with van der Waals surface area (Å²) in [6.07, 6.45) is 2.35. The molecule has 7 heteroatoms. The summed E-state index contributed by atoms with van der Waals surface area (Å²) < 4.78 is 18.1. The molecule has 0 saturated carbocycles. The van der Waals surface area contributed by atoms with Gasteiger partial charge in [-0.15, -0.1) is 0 Å². The molecule has 0 aromatic heterocycles. The maximum absolute atomic E-state index is 13.3. The van der Waals surface area contributed by atoms with E-state index >= 15 is 0 Å². The van der Waals surface area contributed by atoms with Crippen molar-refractivity contribution in [3.05, 3.63) is 11.9 Å². The topological polar surface area (TPSA) is 108 Å². The number of halogens is 1. The summed E-state index contributed by atoms with van der Waals surface area (Å²) in [6.45, 7) is 0.581. The lowest BCUT2D eigenvalue weighted by atomic mass is 9.97. The Balaban J connectivity index is 4.22. The van der Waals surface area contributed by atoms with Crippen molar-refractivity contribution in [2.24, 2.45) is 5.73 Å². The molecule has 0 heterocycles. The van der Waals surface area contributed by atoms with Gasteiger partial charge in [-0.05, 0) is 6.42 Å². The van der Waals surface area contributed by atoms with E-state index in [4.69, 9.17) is 21.0 Å². The SMILES string of the molecule is COC[C@@](N)(C/C=C(\F)CCNCC=N)C(=O)O. The van der Waals surface area contributed by atoms with E-state index in [9.17, 15) is 9.18 Å². The fourth-order valence-corrected chi connectivity index (χ4v) is 1.24. The molecule has 18 heavy (non-hydrogen) atoms. The van der Waals surface area contributed by atoms with E-state index in [-0.39, 0.29) is 19.4 Å². The van der Waals surface area contributed by atoms with Gasteiger partial charge in [-0.2, -0.15) is 0 Å². The number of nitrogens with two attached hydrogens (primary N) is 1. The Labute approximate surface area is 106 Å². The minimum absolute atomic E-state index is 0.132. The second-order valence-electron chi connectivity index (χ2n) is 3.91. The predicted molar refractivity (Wildman–Crippen MR) is 66.5 cm³/mol. The largest absolute Gasteiger partial charge is 0.480 e. The van der Waals surface area contributed by atoms with E-state index in [1.165, 1.54) is 19.4 Å². The van der Waals surface area contributed by atoms with Crippen molar-refractivity contribution in [2.75, 3.05) is 26.8 Å². The van der Waals surface area contributed by atoms with E-state index < -0.39 is 17.3 Å². The molecule has 0 fully saturated rings. The van der Waals surface area contributed by atoms with Gasteiger partial charge >= 0.3 is 5.97 Å². The van der Waals surface area contributed by atoms with Gasteiger partial charge in [-0.25, -0.2) is 4.39 Å². The Kier molecular flexibility index (Phi) is 8.10. The van der Waals surface area contributed by atoms with Crippen LogP contribution in [-0.4, -0.2) is 49.6 Å². The Morgan fingerprint density at radius 2 is 2.33 bits per heavy atom. The molecule has 6 nitrogen and oxygen atoms in total. The maximum Gasteiger partial charge on any atom is 0.326 e. The first-order chi connectivity index (χ1) is 8.46. The second-order valence-corrected chi connectivity index (χ2v) is 3.91. The zero-order valence-electron chi connectivity index (χ0n) is 10.4. The molecule has 5 N–H and O–H groups in total. The van der Waals surface area contributed by atoms with Gasteiger partial charge in [0.25, 0.3) is 0 Å². The highest BCUT2D eigenvalue weighted by molar-refractivity contribution is 5.78. The summed E-state index contributed by atoms with van der Waals surface area (Å²) in [5.74, 6) is -1.66. The van der Waals surface area contributed by atoms with E-state index in [0.29, 0.717) is 13.1 Å². The minimum atomic E-state index is -1.60. The van der Waals surface area contributed by atoms with Crippen LogP contribution in [0.25, 0.3) is 0 Å². The minimum Gasteiger partial charge on any atom is -0.480 e. The van der Waals surface area contributed by atoms with Gasteiger partial charge < -0.3 is 26.3 Å². The maximum atomic E-state index is 13.3. The molecular weight excluding hydrogens is 241 g/mol. The molecule has 0 bridgehead atoms. The summed E-state index contributed by atoms with van der Waals surface area (Å²) >= 11 is 0. The lowest BCUT2D eigenvalue weighted by molar-refractivity contribution is -0.145. The zero-order valence-corrected chi connectivity index (χ0v) is 10.4. The summed E-state index contributed by atoms with van der Waals surface area (Å²) in [4.78, 5) is 10.9. The van der Waals surface area contributed by atoms with Crippen LogP contribution in [0.3, 0.4) is 0 Å². The number of nitrogens with one attached hydrogen (secondary N) is 2. The number of carboxylic acids is 1. The molecule has 0 unspecified atom stereocenters. The van der Waals surface area contributed by atoms with Crippen molar-refractivity contribution in [3.8, 4) is 0 Å². The fourth-order valence-electron chi connectivity index (χ4n) is 1.24. The number of ether oxygens (including phenoxy) is 1. The molecule has 0 spiro atoms. The van der Waals surface area contributed by atoms with Gasteiger partial charge in [-0.3, -0.25) is 4.79 Å². The van der Waals surface area contributed by atoms with Crippen molar-refractivity contribution in [1.29, 1.82) is 5.41 Å². The van der Waals surface area contributed by atoms with Crippen LogP contribution < -0.4 is 11.1 Å². The lowest BCUT2D eigenvalue weighted by Gasteiger charge is -2.21. The number of methoxy groups -OCH3 is 1. The third-order valence-electron chi connectivity index (χ3n) is 2.30. The van der Waals surface area contributed by atoms with Crippen molar-refractivity contribution in [1.82, 2.24) is 5.32 Å². The Bertz CT molecular complexity index is 310. The van der Waals surface area contributed by atoms with Crippen LogP contribution in [0.1, 0.15) is 12.8 Å². The highest BCUT2D eigenvalue weighted by Crippen LogP contribution is 2.13. The van der Waals surface area contributed by atoms with Crippen LogP contribution in [0, 0.1) is 5.41 Å². The summed E-state index contributed by atoms with van der Waals surface area (Å²) in [7, 11) is 1.34. The van der Waals surface area contributed by atoms with E-state index in [1.54, 1.807) is 0 Å². The molecule has 0 aliphatic carbocycles. The van der Waals surface area contributed by atoms with Crippen LogP contribution in [0.4, 0.5) is 4.39 Å². The zero-order chi connectivity index (χ0) is 14.0. The molecule has 104 valence electrons. The Hall–Kier alpha value is -1.31. The lowest BCUT2D eigenvalue weighted by Crippen LogP contribution is -2.51. The van der Waals surface area contributed by atoms with Crippen molar-refractivity contribution < 1.29 is 19.0 Å². The van der Waals surface area contributed by atoms with E-state index in [2.05, 4.69) is 5.32 Å². The summed E-state index contributed by atoms with van der Waals surface area (Å²) in [6, 6.07) is 0. The standard InChI is InChI=1S/C11H20FN3O3/c1-18-8-11(14,10(16)17)4-2-9(12)3-6-15-7-5-13/h2,5,13,15H,3-4,6-8,14H2,1H3,(H,16,17)/b9-2-,13-5?/t11-/m0/s1. The molecule has 0 saturated heterocycles. The number of hydrogen-bond acceptors (Lipinski definition) is 5. The van der Waals surface area contributed by atoms with Crippen molar-refractivity contribution >= 4 is 12.2 Å². The van der Waals surface area contributed by atoms with E-state index in [1.807, 2.05) is 0 Å². The summed E-state index contributed by atoms with van der Waals surface area (Å²) in [5, 5.41) is 18.5. The molecule has 0 aromatic carbocycles. The molecule has 0 amide bonds. The number of aliphatic carboxylic acids is 1. The molecule has 0 aromatic rings. The van der Waals surface area contributed by atoms with Gasteiger partial charge in [0.15, 0.2) is 0 Å². The van der Waals surface area contributed by atoms with Crippen molar-refractivity contribution in [2.45, 2.75) is 18.4 Å². The molecule has 0 aliphatic rings. The van der Waals surface area contributed by atoms with Crippen LogP contribution in [0.15, 0.2) is 11.9 Å². The first-order valence-corrected chi connectivity index (χ1v) is 5.51. The molecule has 0 aliphatic heterocycles.